The molecule has 0 bridgehead atoms. The van der Waals surface area contributed by atoms with Gasteiger partial charge in [0.05, 0.1) is 0 Å². The average molecular weight is 354 g/mol. The van der Waals surface area contributed by atoms with E-state index in [9.17, 15) is 5.11 Å². The number of benzene rings is 1. The fraction of sp³-hybridized carbons (Fsp3) is 0.478. The second kappa shape index (κ2) is 8.81. The van der Waals surface area contributed by atoms with Gasteiger partial charge >= 0.3 is 0 Å². The van der Waals surface area contributed by atoms with Crippen LogP contribution < -0.4 is 0 Å². The summed E-state index contributed by atoms with van der Waals surface area (Å²) >= 11 is 0. The fourth-order valence-electron chi connectivity index (χ4n) is 3.95. The van der Waals surface area contributed by atoms with Crippen molar-refractivity contribution in [3.05, 3.63) is 72.4 Å². The van der Waals surface area contributed by atoms with Gasteiger partial charge in [-0.05, 0) is 30.7 Å². The summed E-state index contributed by atoms with van der Waals surface area (Å²) in [5.74, 6) is 0.565. The van der Waals surface area contributed by atoms with Gasteiger partial charge in [-0.2, -0.15) is 0 Å². The second-order valence-electron chi connectivity index (χ2n) is 7.78. The molecule has 2 aliphatic carbocycles. The molecule has 140 valence electrons. The zero-order chi connectivity index (χ0) is 18.4. The van der Waals surface area contributed by atoms with Crippen molar-refractivity contribution in [2.45, 2.75) is 45.1 Å². The first-order valence-corrected chi connectivity index (χ1v) is 9.62. The third-order valence-corrected chi connectivity index (χ3v) is 5.70. The molecule has 0 amide bonds. The predicted octanol–water partition coefficient (Wildman–Crippen LogP) is 4.31. The first-order chi connectivity index (χ1) is 12.6. The Hall–Kier alpha value is -1.68. The van der Waals surface area contributed by atoms with Gasteiger partial charge < -0.3 is 9.84 Å². The highest BCUT2D eigenvalue weighted by molar-refractivity contribution is 5.17. The van der Waals surface area contributed by atoms with Crippen molar-refractivity contribution in [1.82, 2.24) is 4.90 Å². The Bertz CT molecular complexity index is 651. The van der Waals surface area contributed by atoms with Gasteiger partial charge in [-0.15, -0.1) is 0 Å². The van der Waals surface area contributed by atoms with Crippen molar-refractivity contribution in [2.24, 2.45) is 11.3 Å². The Morgan fingerprint density at radius 2 is 2.04 bits per heavy atom. The Morgan fingerprint density at radius 3 is 2.65 bits per heavy atom. The maximum Gasteiger partial charge on any atom is 0.162 e. The molecule has 0 aliphatic heterocycles. The minimum absolute atomic E-state index is 0.294. The molecule has 3 rings (SSSR count). The smallest absolute Gasteiger partial charge is 0.162 e. The number of nitrogens with zero attached hydrogens (tertiary/aromatic N) is 1. The topological polar surface area (TPSA) is 32.7 Å². The summed E-state index contributed by atoms with van der Waals surface area (Å²) < 4.78 is 5.18. The van der Waals surface area contributed by atoms with E-state index >= 15 is 0 Å². The number of hydrogen-bond acceptors (Lipinski definition) is 3. The van der Waals surface area contributed by atoms with E-state index in [4.69, 9.17) is 4.74 Å². The maximum absolute atomic E-state index is 10.2. The highest BCUT2D eigenvalue weighted by Crippen LogP contribution is 2.36. The molecule has 0 aromatic heterocycles. The largest absolute Gasteiger partial charge is 0.367 e. The third-order valence-electron chi connectivity index (χ3n) is 5.70. The van der Waals surface area contributed by atoms with Gasteiger partial charge in [0.15, 0.2) is 6.29 Å². The van der Waals surface area contributed by atoms with Gasteiger partial charge in [-0.1, -0.05) is 73.7 Å². The molecular weight excluding hydrogens is 322 g/mol. The predicted molar refractivity (Wildman–Crippen MR) is 107 cm³/mol. The van der Waals surface area contributed by atoms with E-state index in [1.54, 1.807) is 7.11 Å². The van der Waals surface area contributed by atoms with Crippen molar-refractivity contribution in [1.29, 1.82) is 0 Å². The van der Waals surface area contributed by atoms with Crippen LogP contribution in [0.3, 0.4) is 0 Å². The van der Waals surface area contributed by atoms with Crippen molar-refractivity contribution in [3.8, 4) is 0 Å². The van der Waals surface area contributed by atoms with Crippen molar-refractivity contribution < 1.29 is 9.84 Å². The summed E-state index contributed by atoms with van der Waals surface area (Å²) in [6.45, 7) is 4.08. The lowest BCUT2D eigenvalue weighted by atomic mass is 9.78. The zero-order valence-electron chi connectivity index (χ0n) is 15.9. The third kappa shape index (κ3) is 4.73. The fourth-order valence-corrected chi connectivity index (χ4v) is 3.95. The van der Waals surface area contributed by atoms with Crippen LogP contribution in [-0.2, 0) is 11.3 Å². The number of aliphatic hydroxyl groups is 1. The molecule has 3 heteroatoms. The molecule has 0 spiro atoms. The summed E-state index contributed by atoms with van der Waals surface area (Å²) in [7, 11) is 1.57. The summed E-state index contributed by atoms with van der Waals surface area (Å²) in [6.07, 6.45) is 15.6. The molecule has 0 saturated heterocycles. The Labute approximate surface area is 157 Å². The number of ether oxygens (including phenoxy) is 1. The van der Waals surface area contributed by atoms with Gasteiger partial charge in [-0.25, -0.2) is 0 Å². The van der Waals surface area contributed by atoms with E-state index in [1.165, 1.54) is 5.56 Å². The number of hydrogen-bond donors (Lipinski definition) is 1. The second-order valence-corrected chi connectivity index (χ2v) is 7.78. The number of allylic oxidation sites excluding steroid dienone is 3. The number of methoxy groups -OCH3 is 1. The lowest BCUT2D eigenvalue weighted by Crippen LogP contribution is -2.42. The summed E-state index contributed by atoms with van der Waals surface area (Å²) in [5.41, 5.74) is 1.05. The molecule has 1 aromatic carbocycles. The van der Waals surface area contributed by atoms with Crippen molar-refractivity contribution in [2.75, 3.05) is 13.7 Å². The van der Waals surface area contributed by atoms with Crippen LogP contribution in [0.15, 0.2) is 66.8 Å². The minimum Gasteiger partial charge on any atom is -0.367 e. The van der Waals surface area contributed by atoms with Crippen LogP contribution in [0.25, 0.3) is 0 Å². The van der Waals surface area contributed by atoms with Crippen LogP contribution in [-0.4, -0.2) is 36.0 Å². The Morgan fingerprint density at radius 1 is 1.23 bits per heavy atom. The van der Waals surface area contributed by atoms with Gasteiger partial charge in [0.2, 0.25) is 0 Å². The van der Waals surface area contributed by atoms with Crippen LogP contribution in [0.4, 0.5) is 0 Å². The molecule has 0 radical (unpaired) electrons. The summed E-state index contributed by atoms with van der Waals surface area (Å²) in [6, 6.07) is 11.1. The van der Waals surface area contributed by atoms with Crippen molar-refractivity contribution >= 4 is 0 Å². The Balaban J connectivity index is 1.73. The standard InChI is InChI=1S/C23H31NO2/c1-23(22(25)26-2)15-13-21(14-16-23)24(17-19-9-5-3-6-10-19)18-20-11-7-4-8-12-20/h3-11,13,15,20-22,25H,12,14,16-18H2,1-2H3. The van der Waals surface area contributed by atoms with E-state index in [0.29, 0.717) is 12.0 Å². The minimum atomic E-state index is -0.742. The van der Waals surface area contributed by atoms with Crippen LogP contribution in [0.1, 0.15) is 31.7 Å². The zero-order valence-corrected chi connectivity index (χ0v) is 15.9. The molecule has 0 fully saturated rings. The lowest BCUT2D eigenvalue weighted by Gasteiger charge is -2.40. The molecule has 26 heavy (non-hydrogen) atoms. The van der Waals surface area contributed by atoms with Gasteiger partial charge in [0, 0.05) is 31.7 Å². The normalized spacial score (nSPS) is 29.2. The molecule has 1 aromatic rings. The Kier molecular flexibility index (Phi) is 6.47. The molecule has 4 atom stereocenters. The molecule has 0 saturated carbocycles. The monoisotopic (exact) mass is 353 g/mol. The molecule has 4 unspecified atom stereocenters. The maximum atomic E-state index is 10.2. The first kappa shape index (κ1) is 19.1. The number of aliphatic hydroxyl groups excluding tert-OH is 1. The van der Waals surface area contributed by atoms with E-state index in [0.717, 1.165) is 32.4 Å². The average Bonchev–Trinajstić information content (AvgIpc) is 2.69. The van der Waals surface area contributed by atoms with Crippen LogP contribution in [0, 0.1) is 11.3 Å². The molecule has 1 N–H and O–H groups in total. The SMILES string of the molecule is COC(O)C1(C)C=CC(N(Cc2ccccc2)CC2C=CC=CC2)CC1. The molecule has 3 nitrogen and oxygen atoms in total. The lowest BCUT2D eigenvalue weighted by molar-refractivity contribution is -0.140. The van der Waals surface area contributed by atoms with Crippen LogP contribution in [0.5, 0.6) is 0 Å². The molecule has 2 aliphatic rings. The van der Waals surface area contributed by atoms with E-state index in [2.05, 4.69) is 78.6 Å². The summed E-state index contributed by atoms with van der Waals surface area (Å²) in [4.78, 5) is 2.58. The van der Waals surface area contributed by atoms with Crippen molar-refractivity contribution in [3.63, 3.8) is 0 Å². The van der Waals surface area contributed by atoms with Crippen LogP contribution in [0.2, 0.25) is 0 Å². The van der Waals surface area contributed by atoms with Gasteiger partial charge in [-0.3, -0.25) is 4.90 Å². The van der Waals surface area contributed by atoms with E-state index < -0.39 is 6.29 Å². The van der Waals surface area contributed by atoms with Crippen LogP contribution >= 0.6 is 0 Å². The summed E-state index contributed by atoms with van der Waals surface area (Å²) in [5, 5.41) is 10.2. The number of rotatable bonds is 7. The quantitative estimate of drug-likeness (QED) is 0.586. The molecule has 0 heterocycles. The van der Waals surface area contributed by atoms with E-state index in [-0.39, 0.29) is 5.41 Å². The highest BCUT2D eigenvalue weighted by Gasteiger charge is 2.35. The van der Waals surface area contributed by atoms with Gasteiger partial charge in [0.25, 0.3) is 0 Å². The highest BCUT2D eigenvalue weighted by atomic mass is 16.6. The molecular formula is C23H31NO2. The first-order valence-electron chi connectivity index (χ1n) is 9.62. The van der Waals surface area contributed by atoms with E-state index in [1.807, 2.05) is 0 Å². The van der Waals surface area contributed by atoms with Gasteiger partial charge in [0.1, 0.15) is 0 Å².